The zero-order chi connectivity index (χ0) is 27.6. The number of anilines is 2. The van der Waals surface area contributed by atoms with E-state index < -0.39 is 21.8 Å². The lowest BCUT2D eigenvalue weighted by Gasteiger charge is -2.27. The maximum atomic E-state index is 13.4. The number of sulfonamides is 1. The summed E-state index contributed by atoms with van der Waals surface area (Å²) in [5.74, 6) is -1.18. The molecule has 5 rings (SSSR count). The fraction of sp³-hybridized carbons (Fsp3) is 0.143. The quantitative estimate of drug-likeness (QED) is 0.267. The normalized spacial score (nSPS) is 13.5. The van der Waals surface area contributed by atoms with Crippen LogP contribution < -0.4 is 15.8 Å². The zero-order valence-corrected chi connectivity index (χ0v) is 23.1. The Labute approximate surface area is 235 Å². The van der Waals surface area contributed by atoms with E-state index in [0.717, 1.165) is 23.5 Å². The molecule has 0 aliphatic carbocycles. The topological polar surface area (TPSA) is 122 Å². The van der Waals surface area contributed by atoms with Crippen LogP contribution >= 0.6 is 22.9 Å². The molecule has 4 N–H and O–H groups in total. The van der Waals surface area contributed by atoms with Gasteiger partial charge in [0.25, 0.3) is 21.8 Å². The van der Waals surface area contributed by atoms with Crippen LogP contribution in [0.5, 0.6) is 0 Å². The van der Waals surface area contributed by atoms with Gasteiger partial charge in [-0.2, -0.15) is 0 Å². The fourth-order valence-electron chi connectivity index (χ4n) is 4.54. The second-order valence-corrected chi connectivity index (χ2v) is 12.3. The maximum Gasteiger partial charge on any atom is 0.261 e. The summed E-state index contributed by atoms with van der Waals surface area (Å²) in [4.78, 5) is 29.1. The van der Waals surface area contributed by atoms with Gasteiger partial charge in [-0.05, 0) is 53.9 Å². The van der Waals surface area contributed by atoms with Crippen molar-refractivity contribution in [3.05, 3.63) is 111 Å². The lowest BCUT2D eigenvalue weighted by atomic mass is 10.0. The van der Waals surface area contributed by atoms with Gasteiger partial charge in [0.15, 0.2) is 0 Å². The Hall–Kier alpha value is -3.70. The van der Waals surface area contributed by atoms with Crippen LogP contribution in [0, 0.1) is 0 Å². The first-order chi connectivity index (χ1) is 18.7. The van der Waals surface area contributed by atoms with Gasteiger partial charge in [-0.15, -0.1) is 11.3 Å². The first-order valence-corrected chi connectivity index (χ1v) is 14.8. The molecule has 39 heavy (non-hydrogen) atoms. The number of benzene rings is 3. The lowest BCUT2D eigenvalue weighted by Crippen LogP contribution is -2.30. The molecule has 4 aromatic rings. The van der Waals surface area contributed by atoms with Crippen LogP contribution in [-0.2, 0) is 29.5 Å². The molecule has 8 nitrogen and oxygen atoms in total. The Morgan fingerprint density at radius 3 is 2.38 bits per heavy atom. The average Bonchev–Trinajstić information content (AvgIpc) is 3.27. The molecule has 0 bridgehead atoms. The Morgan fingerprint density at radius 1 is 0.974 bits per heavy atom. The molecule has 2 amide bonds. The van der Waals surface area contributed by atoms with E-state index in [0.29, 0.717) is 28.6 Å². The molecule has 0 fully saturated rings. The number of amides is 2. The average molecular weight is 581 g/mol. The van der Waals surface area contributed by atoms with Crippen molar-refractivity contribution in [2.24, 2.45) is 5.73 Å². The molecule has 200 valence electrons. The Morgan fingerprint density at radius 2 is 1.67 bits per heavy atom. The minimum atomic E-state index is -3.98. The SMILES string of the molecule is NC(=O)c1c(NC(=O)c2ccccc2NS(=O)(=O)c2ccc(Cl)cc2)sc2c1CCN(Cc1ccccc1)C2. The summed E-state index contributed by atoms with van der Waals surface area (Å²) in [6.07, 6.45) is 0.629. The van der Waals surface area contributed by atoms with E-state index in [1.165, 1.54) is 53.3 Å². The van der Waals surface area contributed by atoms with Crippen LogP contribution in [0.1, 0.15) is 36.7 Å². The maximum absolute atomic E-state index is 13.4. The van der Waals surface area contributed by atoms with Crippen molar-refractivity contribution in [2.45, 2.75) is 24.4 Å². The molecule has 1 aliphatic rings. The number of carbonyl (C=O) groups is 2. The predicted octanol–water partition coefficient (Wildman–Crippen LogP) is 5.11. The summed E-state index contributed by atoms with van der Waals surface area (Å²) in [6, 6.07) is 22.1. The van der Waals surface area contributed by atoms with E-state index in [1.807, 2.05) is 18.2 Å². The van der Waals surface area contributed by atoms with Gasteiger partial charge in [0.1, 0.15) is 5.00 Å². The number of halogens is 1. The van der Waals surface area contributed by atoms with E-state index in [1.54, 1.807) is 12.1 Å². The van der Waals surface area contributed by atoms with E-state index >= 15 is 0 Å². The van der Waals surface area contributed by atoms with Crippen molar-refractivity contribution in [1.29, 1.82) is 0 Å². The van der Waals surface area contributed by atoms with Crippen LogP contribution in [0.15, 0.2) is 83.8 Å². The molecular formula is C28H25ClN4O4S2. The van der Waals surface area contributed by atoms with Gasteiger partial charge in [-0.1, -0.05) is 54.1 Å². The molecule has 0 atom stereocenters. The number of hydrogen-bond donors (Lipinski definition) is 3. The van der Waals surface area contributed by atoms with Gasteiger partial charge in [0.2, 0.25) is 0 Å². The first kappa shape index (κ1) is 26.9. The number of para-hydroxylation sites is 1. The van der Waals surface area contributed by atoms with Crippen LogP contribution in [0.25, 0.3) is 0 Å². The molecule has 11 heteroatoms. The van der Waals surface area contributed by atoms with Crippen LogP contribution in [0.3, 0.4) is 0 Å². The van der Waals surface area contributed by atoms with Crippen molar-refractivity contribution in [3.8, 4) is 0 Å². The molecule has 0 radical (unpaired) electrons. The third-order valence-corrected chi connectivity index (χ3v) is 9.16. The van der Waals surface area contributed by atoms with Crippen molar-refractivity contribution < 1.29 is 18.0 Å². The third kappa shape index (κ3) is 5.99. The molecule has 0 spiro atoms. The predicted molar refractivity (Wildman–Crippen MR) is 154 cm³/mol. The minimum absolute atomic E-state index is 0.00381. The minimum Gasteiger partial charge on any atom is -0.365 e. The molecule has 1 aromatic heterocycles. The number of rotatable bonds is 8. The summed E-state index contributed by atoms with van der Waals surface area (Å²) in [7, 11) is -3.98. The number of nitrogens with one attached hydrogen (secondary N) is 2. The number of nitrogens with zero attached hydrogens (tertiary/aromatic N) is 1. The molecule has 3 aromatic carbocycles. The smallest absolute Gasteiger partial charge is 0.261 e. The molecule has 1 aliphatic heterocycles. The highest BCUT2D eigenvalue weighted by Crippen LogP contribution is 2.38. The molecule has 0 unspecified atom stereocenters. The second-order valence-electron chi connectivity index (χ2n) is 9.08. The zero-order valence-electron chi connectivity index (χ0n) is 20.7. The second kappa shape index (κ2) is 11.2. The monoisotopic (exact) mass is 580 g/mol. The number of fused-ring (bicyclic) bond motifs is 1. The highest BCUT2D eigenvalue weighted by molar-refractivity contribution is 7.92. The van der Waals surface area contributed by atoms with Crippen molar-refractivity contribution in [2.75, 3.05) is 16.6 Å². The van der Waals surface area contributed by atoms with Gasteiger partial charge < -0.3 is 11.1 Å². The molecule has 0 saturated carbocycles. The first-order valence-electron chi connectivity index (χ1n) is 12.1. The van der Waals surface area contributed by atoms with Crippen LogP contribution in [0.2, 0.25) is 5.02 Å². The van der Waals surface area contributed by atoms with Gasteiger partial charge in [-0.25, -0.2) is 8.42 Å². The lowest BCUT2D eigenvalue weighted by molar-refractivity contribution is 0.0999. The van der Waals surface area contributed by atoms with Crippen LogP contribution in [0.4, 0.5) is 10.7 Å². The Kier molecular flexibility index (Phi) is 7.72. The summed E-state index contributed by atoms with van der Waals surface area (Å²) >= 11 is 7.20. The van der Waals surface area contributed by atoms with E-state index in [-0.39, 0.29) is 16.1 Å². The highest BCUT2D eigenvalue weighted by Gasteiger charge is 2.28. The van der Waals surface area contributed by atoms with Crippen molar-refractivity contribution in [1.82, 2.24) is 4.90 Å². The molecule has 2 heterocycles. The fourth-order valence-corrected chi connectivity index (χ4v) is 7.04. The molecular weight excluding hydrogens is 556 g/mol. The van der Waals surface area contributed by atoms with E-state index in [2.05, 4.69) is 27.1 Å². The van der Waals surface area contributed by atoms with Gasteiger partial charge in [-0.3, -0.25) is 19.2 Å². The standard InChI is InChI=1S/C28H25ClN4O4S2/c29-19-10-12-20(13-11-19)39(36,37)32-23-9-5-4-8-21(23)27(35)31-28-25(26(30)34)22-14-15-33(17-24(22)38-28)16-18-6-2-1-3-7-18/h1-13,32H,14-17H2,(H2,30,34)(H,31,35). The highest BCUT2D eigenvalue weighted by atomic mass is 35.5. The Bertz CT molecular complexity index is 1640. The number of thiophene rings is 1. The largest absolute Gasteiger partial charge is 0.365 e. The summed E-state index contributed by atoms with van der Waals surface area (Å²) < 4.78 is 28.3. The number of primary amides is 1. The summed E-state index contributed by atoms with van der Waals surface area (Å²) in [5.41, 5.74) is 8.29. The van der Waals surface area contributed by atoms with E-state index in [9.17, 15) is 18.0 Å². The number of carbonyl (C=O) groups excluding carboxylic acids is 2. The van der Waals surface area contributed by atoms with Crippen molar-refractivity contribution >= 4 is 55.5 Å². The Balaban J connectivity index is 1.38. The van der Waals surface area contributed by atoms with Gasteiger partial charge in [0, 0.05) is 29.5 Å². The molecule has 0 saturated heterocycles. The summed E-state index contributed by atoms with van der Waals surface area (Å²) in [5, 5.41) is 3.57. The van der Waals surface area contributed by atoms with Crippen molar-refractivity contribution in [3.63, 3.8) is 0 Å². The third-order valence-electron chi connectivity index (χ3n) is 6.40. The van der Waals surface area contributed by atoms with Gasteiger partial charge >= 0.3 is 0 Å². The number of nitrogens with two attached hydrogens (primary N) is 1. The van der Waals surface area contributed by atoms with Crippen LogP contribution in [-0.4, -0.2) is 31.7 Å². The summed E-state index contributed by atoms with van der Waals surface area (Å²) in [6.45, 7) is 2.15. The number of hydrogen-bond acceptors (Lipinski definition) is 6. The van der Waals surface area contributed by atoms with Gasteiger partial charge in [0.05, 0.1) is 21.7 Å². The van der Waals surface area contributed by atoms with E-state index in [4.69, 9.17) is 17.3 Å².